The molecule has 6 nitrogen and oxygen atoms in total. The fourth-order valence-corrected chi connectivity index (χ4v) is 0.928. The molecule has 1 fully saturated rings. The maximum atomic E-state index is 10.1. The van der Waals surface area contributed by atoms with Crippen molar-refractivity contribution in [2.45, 2.75) is 0 Å². The van der Waals surface area contributed by atoms with E-state index in [4.69, 9.17) is 5.84 Å². The fraction of sp³-hybridized carbons (Fsp3) is 0.667. The quantitative estimate of drug-likeness (QED) is 0.131. The first kappa shape index (κ1) is 8.95. The van der Waals surface area contributed by atoms with Crippen molar-refractivity contribution in [1.82, 2.24) is 15.3 Å². The van der Waals surface area contributed by atoms with Gasteiger partial charge in [0, 0.05) is 26.2 Å². The van der Waals surface area contributed by atoms with Gasteiger partial charge in [0.15, 0.2) is 0 Å². The molecule has 1 rings (SSSR count). The zero-order valence-electron chi connectivity index (χ0n) is 6.81. The molecule has 12 heavy (non-hydrogen) atoms. The summed E-state index contributed by atoms with van der Waals surface area (Å²) in [6, 6.07) is 0. The van der Waals surface area contributed by atoms with Gasteiger partial charge in [-0.1, -0.05) is 0 Å². The van der Waals surface area contributed by atoms with Crippen molar-refractivity contribution in [1.29, 1.82) is 0 Å². The molecule has 3 N–H and O–H groups in total. The predicted molar refractivity (Wildman–Crippen MR) is 45.0 cm³/mol. The molecule has 0 atom stereocenters. The highest BCUT2D eigenvalue weighted by Gasteiger charge is 2.04. The van der Waals surface area contributed by atoms with Crippen molar-refractivity contribution in [2.75, 3.05) is 26.2 Å². The highest BCUT2D eigenvalue weighted by molar-refractivity contribution is 5.70. The van der Waals surface area contributed by atoms with E-state index in [2.05, 4.69) is 10.4 Å². The minimum Gasteiger partial charge on any atom is -0.313 e. The number of rotatable bonds is 3. The number of carbonyl (C=O) groups is 1. The normalized spacial score (nSPS) is 18.2. The summed E-state index contributed by atoms with van der Waals surface area (Å²) in [4.78, 5) is 10.1. The van der Waals surface area contributed by atoms with Gasteiger partial charge in [0.25, 0.3) is 0 Å². The second kappa shape index (κ2) is 4.68. The van der Waals surface area contributed by atoms with Gasteiger partial charge in [0.1, 0.15) is 6.34 Å². The van der Waals surface area contributed by atoms with Crippen molar-refractivity contribution in [3.8, 4) is 0 Å². The SMILES string of the molecule is NN(C=O)C=NN1CCNCC1. The van der Waals surface area contributed by atoms with Crippen LogP contribution in [-0.4, -0.2) is 48.9 Å². The summed E-state index contributed by atoms with van der Waals surface area (Å²) < 4.78 is 0. The molecule has 1 heterocycles. The summed E-state index contributed by atoms with van der Waals surface area (Å²) >= 11 is 0. The van der Waals surface area contributed by atoms with Crippen LogP contribution in [0.2, 0.25) is 0 Å². The van der Waals surface area contributed by atoms with Crippen molar-refractivity contribution in [2.24, 2.45) is 10.9 Å². The summed E-state index contributed by atoms with van der Waals surface area (Å²) in [5.41, 5.74) is 0. The van der Waals surface area contributed by atoms with Crippen LogP contribution >= 0.6 is 0 Å². The van der Waals surface area contributed by atoms with E-state index in [1.54, 1.807) is 0 Å². The van der Waals surface area contributed by atoms with Crippen LogP contribution in [-0.2, 0) is 4.79 Å². The van der Waals surface area contributed by atoms with E-state index in [1.807, 2.05) is 5.01 Å². The fourth-order valence-electron chi connectivity index (χ4n) is 0.928. The molecule has 1 saturated heterocycles. The maximum absolute atomic E-state index is 10.1. The number of hydrazine groups is 1. The Bertz CT molecular complexity index is 165. The third-order valence-corrected chi connectivity index (χ3v) is 1.56. The van der Waals surface area contributed by atoms with Crippen molar-refractivity contribution < 1.29 is 4.79 Å². The standard InChI is InChI=1S/C6H13N5O/c7-10(6-12)5-9-11-3-1-8-2-4-11/h5-6,8H,1-4,7H2. The van der Waals surface area contributed by atoms with Gasteiger partial charge in [0.05, 0.1) is 0 Å². The molecule has 1 aliphatic rings. The predicted octanol–water partition coefficient (Wildman–Crippen LogP) is -1.83. The van der Waals surface area contributed by atoms with Gasteiger partial charge in [-0.2, -0.15) is 5.10 Å². The number of nitrogens with one attached hydrogen (secondary N) is 1. The zero-order valence-corrected chi connectivity index (χ0v) is 6.81. The molecule has 1 amide bonds. The molecule has 0 aromatic carbocycles. The highest BCUT2D eigenvalue weighted by atomic mass is 16.1. The van der Waals surface area contributed by atoms with E-state index >= 15 is 0 Å². The maximum Gasteiger partial charge on any atom is 0.229 e. The lowest BCUT2D eigenvalue weighted by Crippen LogP contribution is -2.41. The van der Waals surface area contributed by atoms with Gasteiger partial charge in [-0.15, -0.1) is 0 Å². The Balaban J connectivity index is 2.28. The lowest BCUT2D eigenvalue weighted by atomic mass is 10.4. The summed E-state index contributed by atoms with van der Waals surface area (Å²) in [7, 11) is 0. The van der Waals surface area contributed by atoms with Crippen molar-refractivity contribution in [3.05, 3.63) is 0 Å². The number of nitrogens with zero attached hydrogens (tertiary/aromatic N) is 3. The molecule has 68 valence electrons. The molecule has 0 saturated carbocycles. The van der Waals surface area contributed by atoms with Crippen LogP contribution in [0.25, 0.3) is 0 Å². The van der Waals surface area contributed by atoms with Crippen LogP contribution in [0, 0.1) is 0 Å². The number of amides is 1. The van der Waals surface area contributed by atoms with Gasteiger partial charge >= 0.3 is 0 Å². The molecule has 0 aliphatic carbocycles. The molecule has 1 aliphatic heterocycles. The Hall–Kier alpha value is -1.14. The molecule has 0 bridgehead atoms. The lowest BCUT2D eigenvalue weighted by Gasteiger charge is -2.24. The minimum atomic E-state index is 0.506. The number of hydrogen-bond donors (Lipinski definition) is 2. The molecule has 0 radical (unpaired) electrons. The zero-order chi connectivity index (χ0) is 8.81. The average Bonchev–Trinajstić information content (AvgIpc) is 2.16. The van der Waals surface area contributed by atoms with Crippen LogP contribution in [0.15, 0.2) is 5.10 Å². The number of piperazine rings is 1. The van der Waals surface area contributed by atoms with Gasteiger partial charge in [-0.3, -0.25) is 9.80 Å². The smallest absolute Gasteiger partial charge is 0.229 e. The highest BCUT2D eigenvalue weighted by Crippen LogP contribution is 1.90. The molecule has 0 aromatic rings. The van der Waals surface area contributed by atoms with Crippen molar-refractivity contribution in [3.63, 3.8) is 0 Å². The van der Waals surface area contributed by atoms with Crippen LogP contribution in [0.3, 0.4) is 0 Å². The summed E-state index contributed by atoms with van der Waals surface area (Å²) in [5, 5.41) is 9.93. The molecule has 0 unspecified atom stereocenters. The van der Waals surface area contributed by atoms with Crippen LogP contribution < -0.4 is 11.2 Å². The molecule has 0 spiro atoms. The number of hydrazone groups is 1. The van der Waals surface area contributed by atoms with Gasteiger partial charge in [-0.25, -0.2) is 10.9 Å². The van der Waals surface area contributed by atoms with E-state index in [-0.39, 0.29) is 0 Å². The van der Waals surface area contributed by atoms with E-state index in [0.29, 0.717) is 6.41 Å². The molecular formula is C6H13N5O. The summed E-state index contributed by atoms with van der Waals surface area (Å²) in [6.45, 7) is 3.54. The third kappa shape index (κ3) is 2.85. The Morgan fingerprint density at radius 2 is 2.17 bits per heavy atom. The first-order valence-electron chi connectivity index (χ1n) is 3.81. The topological polar surface area (TPSA) is 74.0 Å². The second-order valence-electron chi connectivity index (χ2n) is 2.49. The second-order valence-corrected chi connectivity index (χ2v) is 2.49. The van der Waals surface area contributed by atoms with Gasteiger partial charge < -0.3 is 5.32 Å². The van der Waals surface area contributed by atoms with E-state index in [9.17, 15) is 4.79 Å². The first-order valence-corrected chi connectivity index (χ1v) is 3.81. The monoisotopic (exact) mass is 171 g/mol. The van der Waals surface area contributed by atoms with Crippen LogP contribution in [0.4, 0.5) is 0 Å². The molecular weight excluding hydrogens is 158 g/mol. The minimum absolute atomic E-state index is 0.506. The molecule has 6 heteroatoms. The van der Waals surface area contributed by atoms with E-state index in [0.717, 1.165) is 31.2 Å². The van der Waals surface area contributed by atoms with Crippen LogP contribution in [0.1, 0.15) is 0 Å². The van der Waals surface area contributed by atoms with Crippen molar-refractivity contribution >= 4 is 12.7 Å². The van der Waals surface area contributed by atoms with Gasteiger partial charge in [-0.05, 0) is 0 Å². The summed E-state index contributed by atoms with van der Waals surface area (Å²) in [5.74, 6) is 5.16. The number of carbonyl (C=O) groups excluding carboxylic acids is 1. The third-order valence-electron chi connectivity index (χ3n) is 1.56. The number of hydrogen-bond acceptors (Lipinski definition) is 5. The Labute approximate surface area is 71.0 Å². The Morgan fingerprint density at radius 1 is 1.50 bits per heavy atom. The van der Waals surface area contributed by atoms with E-state index < -0.39 is 0 Å². The average molecular weight is 171 g/mol. The Kier molecular flexibility index (Phi) is 3.49. The summed E-state index contributed by atoms with van der Waals surface area (Å²) in [6.07, 6.45) is 1.81. The van der Waals surface area contributed by atoms with E-state index in [1.165, 1.54) is 6.34 Å². The van der Waals surface area contributed by atoms with Gasteiger partial charge in [0.2, 0.25) is 6.41 Å². The van der Waals surface area contributed by atoms with Crippen LogP contribution in [0.5, 0.6) is 0 Å². The Morgan fingerprint density at radius 3 is 2.75 bits per heavy atom. The largest absolute Gasteiger partial charge is 0.313 e. The molecule has 0 aromatic heterocycles. The lowest BCUT2D eigenvalue weighted by molar-refractivity contribution is -0.114. The number of nitrogens with two attached hydrogens (primary N) is 1. The first-order chi connectivity index (χ1) is 5.83.